The minimum atomic E-state index is -4.35. The molecule has 45 heavy (non-hydrogen) atoms. The molecule has 0 aromatic carbocycles. The van der Waals surface area contributed by atoms with Crippen molar-refractivity contribution >= 4 is 72.5 Å². The summed E-state index contributed by atoms with van der Waals surface area (Å²) < 4.78 is 70.8. The van der Waals surface area contributed by atoms with Gasteiger partial charge in [0, 0.05) is 43.5 Å². The maximum atomic E-state index is 11.4. The quantitative estimate of drug-likeness (QED) is 0.148. The monoisotopic (exact) mass is 749 g/mol. The number of alkyl halides is 4. The first-order chi connectivity index (χ1) is 21.1. The van der Waals surface area contributed by atoms with Crippen LogP contribution < -0.4 is 0 Å². The third-order valence-corrected chi connectivity index (χ3v) is 13.1. The SMILES string of the molecule is CCCN1C(=CC=CC2=[N+](CCC)C3CC(Cl)C(Cl)CC3N2CCCS(=O)(=O)[O-])N(CCCS(=O)(=O)[O-])C2CC(Cl)C(Cl)CC21. The summed E-state index contributed by atoms with van der Waals surface area (Å²) in [5, 5.41) is -0.817. The molecule has 4 rings (SSSR count). The van der Waals surface area contributed by atoms with Gasteiger partial charge in [-0.1, -0.05) is 19.9 Å². The molecule has 2 aliphatic heterocycles. The van der Waals surface area contributed by atoms with Crippen LogP contribution in [0.1, 0.15) is 65.2 Å². The lowest BCUT2D eigenvalue weighted by molar-refractivity contribution is -0.561. The number of hydrogen-bond donors (Lipinski definition) is 0. The summed E-state index contributed by atoms with van der Waals surface area (Å²) in [5.74, 6) is 0.989. The number of hydrogen-bond acceptors (Lipinski definition) is 9. The average Bonchev–Trinajstić information content (AvgIpc) is 3.35. The zero-order valence-corrected chi connectivity index (χ0v) is 30.5. The minimum absolute atomic E-state index is 0.0356. The first-order valence-corrected chi connectivity index (χ1v) is 20.8. The number of amidine groups is 1. The summed E-state index contributed by atoms with van der Waals surface area (Å²) in [6.07, 6.45) is 10.9. The molecule has 8 atom stereocenters. The maximum absolute atomic E-state index is 11.4. The first-order valence-electron chi connectivity index (χ1n) is 15.9. The Bertz CT molecular complexity index is 1350. The van der Waals surface area contributed by atoms with Gasteiger partial charge in [0.15, 0.2) is 0 Å². The van der Waals surface area contributed by atoms with E-state index in [9.17, 15) is 25.9 Å². The topological polar surface area (TPSA) is 127 Å². The lowest BCUT2D eigenvalue weighted by Crippen LogP contribution is -2.48. The fraction of sp³-hybridized carbons (Fsp3) is 0.828. The van der Waals surface area contributed by atoms with E-state index < -0.39 is 31.7 Å². The van der Waals surface area contributed by atoms with Crippen molar-refractivity contribution in [1.82, 2.24) is 14.7 Å². The Morgan fingerprint density at radius 3 is 1.73 bits per heavy atom. The van der Waals surface area contributed by atoms with Crippen molar-refractivity contribution in [2.24, 2.45) is 0 Å². The number of nitrogens with zero attached hydrogens (tertiary/aromatic N) is 4. The van der Waals surface area contributed by atoms with E-state index in [1.807, 2.05) is 18.2 Å². The second-order valence-corrected chi connectivity index (χ2v) is 17.8. The Hall–Kier alpha value is -0.470. The Morgan fingerprint density at radius 1 is 0.733 bits per heavy atom. The third-order valence-electron chi connectivity index (χ3n) is 9.32. The smallest absolute Gasteiger partial charge is 0.272 e. The van der Waals surface area contributed by atoms with E-state index in [-0.39, 0.29) is 58.5 Å². The van der Waals surface area contributed by atoms with Crippen LogP contribution in [0.3, 0.4) is 0 Å². The molecule has 0 aromatic rings. The Balaban J connectivity index is 1.70. The van der Waals surface area contributed by atoms with E-state index in [0.717, 1.165) is 37.6 Å². The molecule has 10 nitrogen and oxygen atoms in total. The van der Waals surface area contributed by atoms with Crippen LogP contribution in [0.2, 0.25) is 0 Å². The number of halogens is 4. The highest BCUT2D eigenvalue weighted by Crippen LogP contribution is 2.42. The number of fused-ring (bicyclic) bond motifs is 2. The Labute approximate surface area is 288 Å². The van der Waals surface area contributed by atoms with Crippen LogP contribution in [0.15, 0.2) is 24.0 Å². The van der Waals surface area contributed by atoms with Crippen LogP contribution in [0.4, 0.5) is 0 Å². The van der Waals surface area contributed by atoms with Gasteiger partial charge in [0.2, 0.25) is 0 Å². The standard InChI is InChI=1S/C29H46Cl4N4O6S2/c1-3-10-34-24-16-20(30)22(32)18-26(24)36(12-6-14-44(38,39)40)28(34)8-5-9-29-35(11-4-2)25-17-21(31)23(33)19-27(25)37(29)13-7-15-45(41,42)43/h5,8-9,20-27H,3-4,6-7,10-19H2,1-2H3,(H-,38,39,40,41,42,43)/p-1. The second-order valence-electron chi connectivity index (χ2n) is 12.5. The molecule has 8 unspecified atom stereocenters. The van der Waals surface area contributed by atoms with Crippen molar-refractivity contribution in [3.05, 3.63) is 24.0 Å². The van der Waals surface area contributed by atoms with E-state index in [1.165, 1.54) is 0 Å². The molecule has 16 heteroatoms. The van der Waals surface area contributed by atoms with E-state index in [1.54, 1.807) is 0 Å². The van der Waals surface area contributed by atoms with Gasteiger partial charge in [0.05, 0.1) is 66.9 Å². The fourth-order valence-corrected chi connectivity index (χ4v) is 9.63. The maximum Gasteiger partial charge on any atom is 0.272 e. The fourth-order valence-electron chi connectivity index (χ4n) is 7.52. The summed E-state index contributed by atoms with van der Waals surface area (Å²) in [6, 6.07) is 0.287. The highest BCUT2D eigenvalue weighted by molar-refractivity contribution is 7.85. The molecule has 0 amide bonds. The van der Waals surface area contributed by atoms with Crippen LogP contribution in [-0.4, -0.2) is 134 Å². The van der Waals surface area contributed by atoms with E-state index >= 15 is 0 Å². The first kappa shape index (κ1) is 37.4. The highest BCUT2D eigenvalue weighted by atomic mass is 35.5. The van der Waals surface area contributed by atoms with Crippen LogP contribution in [0, 0.1) is 0 Å². The lowest BCUT2D eigenvalue weighted by Gasteiger charge is -2.37. The van der Waals surface area contributed by atoms with Gasteiger partial charge in [-0.05, 0) is 44.6 Å². The highest BCUT2D eigenvalue weighted by Gasteiger charge is 2.52. The normalized spacial score (nSPS) is 33.5. The van der Waals surface area contributed by atoms with Crippen LogP contribution in [0.25, 0.3) is 0 Å². The van der Waals surface area contributed by atoms with Crippen molar-refractivity contribution in [3.63, 3.8) is 0 Å². The van der Waals surface area contributed by atoms with Crippen LogP contribution in [-0.2, 0) is 20.2 Å². The van der Waals surface area contributed by atoms with Gasteiger partial charge in [0.25, 0.3) is 5.84 Å². The van der Waals surface area contributed by atoms with Gasteiger partial charge in [-0.25, -0.2) is 16.8 Å². The van der Waals surface area contributed by atoms with Gasteiger partial charge in [0.1, 0.15) is 17.9 Å². The van der Waals surface area contributed by atoms with Crippen LogP contribution in [0.5, 0.6) is 0 Å². The summed E-state index contributed by atoms with van der Waals surface area (Å²) in [6.45, 7) is 6.55. The van der Waals surface area contributed by atoms with Gasteiger partial charge in [-0.3, -0.25) is 9.48 Å². The van der Waals surface area contributed by atoms with Crippen molar-refractivity contribution < 1.29 is 30.5 Å². The molecule has 2 aliphatic carbocycles. The lowest BCUT2D eigenvalue weighted by atomic mass is 9.89. The largest absolute Gasteiger partial charge is 0.748 e. The molecular weight excluding hydrogens is 706 g/mol. The van der Waals surface area contributed by atoms with Crippen molar-refractivity contribution in [2.45, 2.75) is 111 Å². The molecule has 0 aromatic heterocycles. The third kappa shape index (κ3) is 9.37. The van der Waals surface area contributed by atoms with Crippen molar-refractivity contribution in [1.29, 1.82) is 0 Å². The van der Waals surface area contributed by atoms with Crippen molar-refractivity contribution in [3.8, 4) is 0 Å². The second kappa shape index (κ2) is 15.8. The molecule has 4 aliphatic rings. The van der Waals surface area contributed by atoms with Crippen LogP contribution >= 0.6 is 46.4 Å². The van der Waals surface area contributed by atoms with Gasteiger partial charge < -0.3 is 18.9 Å². The van der Waals surface area contributed by atoms with E-state index in [0.29, 0.717) is 38.8 Å². The summed E-state index contributed by atoms with van der Waals surface area (Å²) in [4.78, 5) is 6.70. The van der Waals surface area contributed by atoms with Gasteiger partial charge in [-0.2, -0.15) is 0 Å². The molecule has 0 N–H and O–H groups in total. The summed E-state index contributed by atoms with van der Waals surface area (Å²) >= 11 is 26.5. The molecule has 0 bridgehead atoms. The van der Waals surface area contributed by atoms with Crippen molar-refractivity contribution in [2.75, 3.05) is 37.7 Å². The molecular formula is C29H45Cl4N4O6S2-. The van der Waals surface area contributed by atoms with Gasteiger partial charge >= 0.3 is 0 Å². The zero-order chi connectivity index (χ0) is 33.1. The minimum Gasteiger partial charge on any atom is -0.748 e. The van der Waals surface area contributed by atoms with E-state index in [2.05, 4.69) is 33.1 Å². The molecule has 258 valence electrons. The predicted molar refractivity (Wildman–Crippen MR) is 179 cm³/mol. The predicted octanol–water partition coefficient (Wildman–Crippen LogP) is 3.91. The molecule has 1 saturated heterocycles. The Morgan fingerprint density at radius 2 is 1.22 bits per heavy atom. The summed E-state index contributed by atoms with van der Waals surface area (Å²) in [7, 11) is -8.70. The molecule has 0 radical (unpaired) electrons. The molecule has 3 fully saturated rings. The summed E-state index contributed by atoms with van der Waals surface area (Å²) in [5.41, 5.74) is 0. The average molecular weight is 752 g/mol. The molecule has 0 spiro atoms. The number of allylic oxidation sites excluding steroid dienone is 2. The van der Waals surface area contributed by atoms with E-state index in [4.69, 9.17) is 46.4 Å². The Kier molecular flexibility index (Phi) is 13.1. The van der Waals surface area contributed by atoms with Gasteiger partial charge in [-0.15, -0.1) is 46.4 Å². The zero-order valence-electron chi connectivity index (χ0n) is 25.8. The molecule has 2 saturated carbocycles. The molecule has 2 heterocycles. The number of rotatable bonds is 14.